The molecule has 2 heterocycles. The van der Waals surface area contributed by atoms with Crippen molar-refractivity contribution in [2.75, 3.05) is 13.1 Å². The summed E-state index contributed by atoms with van der Waals surface area (Å²) in [6.07, 6.45) is 3.98. The Labute approximate surface area is 186 Å². The van der Waals surface area contributed by atoms with Crippen LogP contribution in [0.5, 0.6) is 0 Å². The molecule has 3 rings (SSSR count). The molecule has 0 saturated carbocycles. The molecule has 2 aromatic rings. The summed E-state index contributed by atoms with van der Waals surface area (Å²) in [7, 11) is 0. The standard InChI is InChI=1S/C22H28ClN3O3S/c1-15(2)13-19(25-21(27)17-3-5-18(23)6-4-17)16-7-10-26(11-8-16)22(28)29-14-20-24-9-12-30-20/h3-6,9,12,15-16,19H,7-8,10-11,13-14H2,1-2H3,(H,25,27). The molecule has 1 fully saturated rings. The van der Waals surface area contributed by atoms with Crippen molar-refractivity contribution in [1.29, 1.82) is 0 Å². The maximum atomic E-state index is 12.7. The van der Waals surface area contributed by atoms with E-state index in [9.17, 15) is 9.59 Å². The minimum atomic E-state index is -0.297. The molecule has 0 spiro atoms. The number of piperidine rings is 1. The van der Waals surface area contributed by atoms with E-state index in [2.05, 4.69) is 24.1 Å². The fourth-order valence-electron chi connectivity index (χ4n) is 3.75. The quantitative estimate of drug-likeness (QED) is 0.646. The molecule has 6 nitrogen and oxygen atoms in total. The zero-order valence-corrected chi connectivity index (χ0v) is 18.9. The van der Waals surface area contributed by atoms with Crippen LogP contribution in [-0.2, 0) is 11.3 Å². The summed E-state index contributed by atoms with van der Waals surface area (Å²) in [5, 5.41) is 6.48. The number of aromatic nitrogens is 1. The van der Waals surface area contributed by atoms with Gasteiger partial charge in [-0.3, -0.25) is 4.79 Å². The van der Waals surface area contributed by atoms with Crippen LogP contribution in [0, 0.1) is 11.8 Å². The average molecular weight is 450 g/mol. The van der Waals surface area contributed by atoms with E-state index in [1.807, 2.05) is 5.38 Å². The molecule has 1 saturated heterocycles. The van der Waals surface area contributed by atoms with Gasteiger partial charge in [0.05, 0.1) is 0 Å². The zero-order chi connectivity index (χ0) is 21.5. The zero-order valence-electron chi connectivity index (χ0n) is 17.3. The van der Waals surface area contributed by atoms with Crippen LogP contribution >= 0.6 is 22.9 Å². The average Bonchev–Trinajstić information content (AvgIpc) is 3.25. The number of hydrogen-bond donors (Lipinski definition) is 1. The van der Waals surface area contributed by atoms with Crippen LogP contribution in [0.3, 0.4) is 0 Å². The number of amides is 2. The highest BCUT2D eigenvalue weighted by Crippen LogP contribution is 2.26. The van der Waals surface area contributed by atoms with Crippen LogP contribution in [0.4, 0.5) is 4.79 Å². The van der Waals surface area contributed by atoms with Gasteiger partial charge in [0.2, 0.25) is 0 Å². The number of thiazole rings is 1. The third-order valence-electron chi connectivity index (χ3n) is 5.32. The Morgan fingerprint density at radius 2 is 1.97 bits per heavy atom. The van der Waals surface area contributed by atoms with E-state index in [-0.39, 0.29) is 24.6 Å². The van der Waals surface area contributed by atoms with E-state index in [0.717, 1.165) is 24.3 Å². The van der Waals surface area contributed by atoms with Gasteiger partial charge in [0.25, 0.3) is 5.91 Å². The van der Waals surface area contributed by atoms with Gasteiger partial charge in [0.15, 0.2) is 0 Å². The summed E-state index contributed by atoms with van der Waals surface area (Å²) in [4.78, 5) is 30.9. The van der Waals surface area contributed by atoms with E-state index in [0.29, 0.717) is 35.5 Å². The molecule has 30 heavy (non-hydrogen) atoms. The van der Waals surface area contributed by atoms with E-state index in [1.165, 1.54) is 11.3 Å². The van der Waals surface area contributed by atoms with Crippen molar-refractivity contribution in [3.8, 4) is 0 Å². The van der Waals surface area contributed by atoms with Gasteiger partial charge in [-0.1, -0.05) is 25.4 Å². The highest BCUT2D eigenvalue weighted by atomic mass is 35.5. The van der Waals surface area contributed by atoms with Crippen molar-refractivity contribution in [3.63, 3.8) is 0 Å². The second-order valence-corrected chi connectivity index (χ2v) is 9.44. The Hall–Kier alpha value is -2.12. The van der Waals surface area contributed by atoms with Crippen molar-refractivity contribution in [2.24, 2.45) is 11.8 Å². The van der Waals surface area contributed by atoms with Crippen LogP contribution in [-0.4, -0.2) is 41.0 Å². The maximum absolute atomic E-state index is 12.7. The molecule has 1 N–H and O–H groups in total. The normalized spacial score (nSPS) is 15.8. The Balaban J connectivity index is 1.53. The van der Waals surface area contributed by atoms with Gasteiger partial charge in [0.1, 0.15) is 11.6 Å². The lowest BCUT2D eigenvalue weighted by molar-refractivity contribution is 0.0729. The molecule has 0 aliphatic carbocycles. The van der Waals surface area contributed by atoms with Gasteiger partial charge in [0, 0.05) is 41.3 Å². The number of benzene rings is 1. The summed E-state index contributed by atoms with van der Waals surface area (Å²) in [5.74, 6) is 0.705. The first-order chi connectivity index (χ1) is 14.4. The molecule has 0 bridgehead atoms. The third-order valence-corrected chi connectivity index (χ3v) is 6.32. The van der Waals surface area contributed by atoms with Crippen LogP contribution in [0.25, 0.3) is 0 Å². The maximum Gasteiger partial charge on any atom is 0.410 e. The highest BCUT2D eigenvalue weighted by molar-refractivity contribution is 7.09. The van der Waals surface area contributed by atoms with Crippen LogP contribution < -0.4 is 5.32 Å². The Morgan fingerprint density at radius 1 is 1.27 bits per heavy atom. The molecular weight excluding hydrogens is 422 g/mol. The number of rotatable bonds is 7. The summed E-state index contributed by atoms with van der Waals surface area (Å²) >= 11 is 7.40. The topological polar surface area (TPSA) is 71.5 Å². The first kappa shape index (κ1) is 22.6. The fraction of sp³-hybridized carbons (Fsp3) is 0.500. The lowest BCUT2D eigenvalue weighted by atomic mass is 9.85. The van der Waals surface area contributed by atoms with Gasteiger partial charge in [-0.05, 0) is 55.4 Å². The number of carbonyl (C=O) groups excluding carboxylic acids is 2. The number of likely N-dealkylation sites (tertiary alicyclic amines) is 1. The number of nitrogens with zero attached hydrogens (tertiary/aromatic N) is 2. The SMILES string of the molecule is CC(C)CC(NC(=O)c1ccc(Cl)cc1)C1CCN(C(=O)OCc2nccs2)CC1. The Kier molecular flexibility index (Phi) is 8.10. The van der Waals surface area contributed by atoms with Gasteiger partial charge >= 0.3 is 6.09 Å². The summed E-state index contributed by atoms with van der Waals surface area (Å²) in [5.41, 5.74) is 0.608. The highest BCUT2D eigenvalue weighted by Gasteiger charge is 2.30. The van der Waals surface area contributed by atoms with Crippen LogP contribution in [0.1, 0.15) is 48.5 Å². The second-order valence-electron chi connectivity index (χ2n) is 8.02. The van der Waals surface area contributed by atoms with E-state index in [1.54, 1.807) is 35.4 Å². The smallest absolute Gasteiger partial charge is 0.410 e. The predicted molar refractivity (Wildman–Crippen MR) is 119 cm³/mol. The van der Waals surface area contributed by atoms with Gasteiger partial charge < -0.3 is 15.0 Å². The van der Waals surface area contributed by atoms with E-state index < -0.39 is 0 Å². The summed E-state index contributed by atoms with van der Waals surface area (Å²) < 4.78 is 5.37. The monoisotopic (exact) mass is 449 g/mol. The largest absolute Gasteiger partial charge is 0.442 e. The minimum Gasteiger partial charge on any atom is -0.442 e. The predicted octanol–water partition coefficient (Wildman–Crippen LogP) is 4.99. The van der Waals surface area contributed by atoms with Crippen molar-refractivity contribution >= 4 is 34.9 Å². The lowest BCUT2D eigenvalue weighted by Crippen LogP contribution is -2.47. The summed E-state index contributed by atoms with van der Waals surface area (Å²) in [6.45, 7) is 5.79. The molecule has 1 atom stereocenters. The van der Waals surface area contributed by atoms with Crippen molar-refractivity contribution in [2.45, 2.75) is 45.8 Å². The van der Waals surface area contributed by atoms with Crippen molar-refractivity contribution < 1.29 is 14.3 Å². The molecule has 1 aliphatic heterocycles. The molecule has 1 aliphatic rings. The molecule has 8 heteroatoms. The first-order valence-electron chi connectivity index (χ1n) is 10.3. The molecular formula is C22H28ClN3O3S. The lowest BCUT2D eigenvalue weighted by Gasteiger charge is -2.36. The number of nitrogens with one attached hydrogen (secondary N) is 1. The first-order valence-corrected chi connectivity index (χ1v) is 11.5. The Bertz CT molecular complexity index is 819. The van der Waals surface area contributed by atoms with E-state index in [4.69, 9.17) is 16.3 Å². The minimum absolute atomic E-state index is 0.0710. The van der Waals surface area contributed by atoms with Gasteiger partial charge in [-0.15, -0.1) is 11.3 Å². The summed E-state index contributed by atoms with van der Waals surface area (Å²) in [6, 6.07) is 7.01. The van der Waals surface area contributed by atoms with Gasteiger partial charge in [-0.2, -0.15) is 0 Å². The Morgan fingerprint density at radius 3 is 2.57 bits per heavy atom. The fourth-order valence-corrected chi connectivity index (χ4v) is 4.41. The van der Waals surface area contributed by atoms with Crippen LogP contribution in [0.2, 0.25) is 5.02 Å². The molecule has 1 aromatic carbocycles. The number of carbonyl (C=O) groups is 2. The molecule has 0 radical (unpaired) electrons. The molecule has 162 valence electrons. The molecule has 1 aromatic heterocycles. The van der Waals surface area contributed by atoms with Crippen molar-refractivity contribution in [3.05, 3.63) is 51.4 Å². The third kappa shape index (κ3) is 6.44. The number of hydrogen-bond acceptors (Lipinski definition) is 5. The van der Waals surface area contributed by atoms with Gasteiger partial charge in [-0.25, -0.2) is 9.78 Å². The molecule has 1 unspecified atom stereocenters. The number of ether oxygens (including phenoxy) is 1. The van der Waals surface area contributed by atoms with Crippen molar-refractivity contribution in [1.82, 2.24) is 15.2 Å². The van der Waals surface area contributed by atoms with Crippen LogP contribution in [0.15, 0.2) is 35.8 Å². The second kappa shape index (κ2) is 10.8. The number of halogens is 1. The van der Waals surface area contributed by atoms with E-state index >= 15 is 0 Å². The molecule has 2 amide bonds.